The van der Waals surface area contributed by atoms with Crippen LogP contribution in [0.25, 0.3) is 0 Å². The van der Waals surface area contributed by atoms with Gasteiger partial charge < -0.3 is 14.4 Å². The summed E-state index contributed by atoms with van der Waals surface area (Å²) in [5, 5.41) is 0. The predicted octanol–water partition coefficient (Wildman–Crippen LogP) is 6.40. The number of alkyl halides is 3. The average molecular weight is 495 g/mol. The van der Waals surface area contributed by atoms with Gasteiger partial charge >= 0.3 is 6.18 Å². The van der Waals surface area contributed by atoms with E-state index in [1.807, 2.05) is 53.4 Å². The molecular weight excluding hydrogens is 473 g/mol. The molecule has 31 heavy (non-hydrogen) atoms. The fourth-order valence-electron chi connectivity index (χ4n) is 3.28. The van der Waals surface area contributed by atoms with Gasteiger partial charge in [0.25, 0.3) is 0 Å². The van der Waals surface area contributed by atoms with Gasteiger partial charge in [-0.25, -0.2) is 4.98 Å². The number of pyridine rings is 1. The van der Waals surface area contributed by atoms with Crippen molar-refractivity contribution in [2.24, 2.45) is 0 Å². The maximum Gasteiger partial charge on any atom is 0.416 e. The molecule has 2 aromatic carbocycles. The summed E-state index contributed by atoms with van der Waals surface area (Å²) in [5.74, 6) is 1.69. The van der Waals surface area contributed by atoms with Gasteiger partial charge in [0.15, 0.2) is 0 Å². The molecule has 0 aliphatic heterocycles. The van der Waals surface area contributed by atoms with E-state index in [1.54, 1.807) is 14.2 Å². The number of nitrogens with zero attached hydrogens (tertiary/aromatic N) is 2. The van der Waals surface area contributed by atoms with Crippen LogP contribution >= 0.6 is 15.9 Å². The zero-order valence-corrected chi connectivity index (χ0v) is 18.9. The molecule has 0 spiro atoms. The molecule has 0 bridgehead atoms. The molecule has 164 valence electrons. The van der Waals surface area contributed by atoms with Gasteiger partial charge in [0.1, 0.15) is 21.9 Å². The Kier molecular flexibility index (Phi) is 7.10. The smallest absolute Gasteiger partial charge is 0.416 e. The number of benzene rings is 2. The van der Waals surface area contributed by atoms with Gasteiger partial charge in [0.05, 0.1) is 19.8 Å². The van der Waals surface area contributed by atoms with E-state index in [9.17, 15) is 13.2 Å². The molecule has 0 saturated carbocycles. The third kappa shape index (κ3) is 5.70. The summed E-state index contributed by atoms with van der Waals surface area (Å²) in [4.78, 5) is 6.23. The maximum absolute atomic E-state index is 13.6. The van der Waals surface area contributed by atoms with Crippen LogP contribution in [0.4, 0.5) is 19.0 Å². The first-order valence-electron chi connectivity index (χ1n) is 9.46. The topological polar surface area (TPSA) is 34.6 Å². The molecule has 0 atom stereocenters. The van der Waals surface area contributed by atoms with Crippen LogP contribution in [-0.4, -0.2) is 19.2 Å². The lowest BCUT2D eigenvalue weighted by molar-refractivity contribution is -0.138. The molecule has 0 aliphatic rings. The quantitative estimate of drug-likeness (QED) is 0.356. The first-order chi connectivity index (χ1) is 14.7. The minimum absolute atomic E-state index is 0.0812. The number of hydrogen-bond acceptors (Lipinski definition) is 4. The summed E-state index contributed by atoms with van der Waals surface area (Å²) < 4.78 is 51.3. The van der Waals surface area contributed by atoms with Crippen LogP contribution in [0.15, 0.2) is 59.2 Å². The molecular formula is C23H22BrF3N2O2. The second kappa shape index (κ2) is 9.60. The molecule has 8 heteroatoms. The van der Waals surface area contributed by atoms with Gasteiger partial charge in [-0.3, -0.25) is 0 Å². The highest BCUT2D eigenvalue weighted by atomic mass is 79.9. The van der Waals surface area contributed by atoms with Gasteiger partial charge in [-0.15, -0.1) is 0 Å². The van der Waals surface area contributed by atoms with Crippen molar-refractivity contribution >= 4 is 21.7 Å². The van der Waals surface area contributed by atoms with Crippen molar-refractivity contribution in [3.63, 3.8) is 0 Å². The lowest BCUT2D eigenvalue weighted by Crippen LogP contribution is -2.25. The SMILES string of the molecule is COc1ccc(CN(Cc2ccc(OC)cc2)c2nc(Br)cc(C(F)(F)F)c2C)cc1. The van der Waals surface area contributed by atoms with Gasteiger partial charge in [-0.05, 0) is 64.3 Å². The highest BCUT2D eigenvalue weighted by Crippen LogP contribution is 2.37. The van der Waals surface area contributed by atoms with Gasteiger partial charge in [0.2, 0.25) is 0 Å². The number of ether oxygens (including phenoxy) is 2. The van der Waals surface area contributed by atoms with Crippen molar-refractivity contribution in [2.45, 2.75) is 26.2 Å². The lowest BCUT2D eigenvalue weighted by Gasteiger charge is -2.27. The Balaban J connectivity index is 2.02. The van der Waals surface area contributed by atoms with E-state index in [0.717, 1.165) is 17.2 Å². The Hall–Kier alpha value is -2.74. The van der Waals surface area contributed by atoms with Gasteiger partial charge in [-0.1, -0.05) is 24.3 Å². The third-order valence-electron chi connectivity index (χ3n) is 4.89. The molecule has 3 rings (SSSR count). The largest absolute Gasteiger partial charge is 0.497 e. The van der Waals surface area contributed by atoms with E-state index < -0.39 is 11.7 Å². The van der Waals surface area contributed by atoms with Crippen molar-refractivity contribution in [3.8, 4) is 11.5 Å². The van der Waals surface area contributed by atoms with Crippen LogP contribution in [-0.2, 0) is 19.3 Å². The van der Waals surface area contributed by atoms with Crippen LogP contribution in [0.5, 0.6) is 11.5 Å². The van der Waals surface area contributed by atoms with Crippen LogP contribution in [0.2, 0.25) is 0 Å². The third-order valence-corrected chi connectivity index (χ3v) is 5.29. The average Bonchev–Trinajstić information content (AvgIpc) is 2.75. The fourth-order valence-corrected chi connectivity index (χ4v) is 3.67. The zero-order chi connectivity index (χ0) is 22.6. The molecule has 0 N–H and O–H groups in total. The highest BCUT2D eigenvalue weighted by molar-refractivity contribution is 9.10. The molecule has 1 heterocycles. The second-order valence-electron chi connectivity index (χ2n) is 6.99. The minimum atomic E-state index is -4.48. The van der Waals surface area contributed by atoms with Crippen LogP contribution in [0.3, 0.4) is 0 Å². The van der Waals surface area contributed by atoms with Gasteiger partial charge in [0, 0.05) is 18.7 Å². The van der Waals surface area contributed by atoms with Crippen molar-refractivity contribution in [1.29, 1.82) is 0 Å². The number of halogens is 4. The number of aromatic nitrogens is 1. The summed E-state index contributed by atoms with van der Waals surface area (Å²) in [5.41, 5.74) is 1.21. The first-order valence-corrected chi connectivity index (χ1v) is 10.3. The Morgan fingerprint density at radius 3 is 1.71 bits per heavy atom. The highest BCUT2D eigenvalue weighted by Gasteiger charge is 2.35. The lowest BCUT2D eigenvalue weighted by atomic mass is 10.1. The monoisotopic (exact) mass is 494 g/mol. The summed E-state index contributed by atoms with van der Waals surface area (Å²) >= 11 is 3.15. The molecule has 0 aliphatic carbocycles. The van der Waals surface area contributed by atoms with Crippen molar-refractivity contribution in [3.05, 3.63) is 81.5 Å². The van der Waals surface area contributed by atoms with E-state index in [-0.39, 0.29) is 16.0 Å². The molecule has 0 fully saturated rings. The van der Waals surface area contributed by atoms with Crippen molar-refractivity contribution in [1.82, 2.24) is 4.98 Å². The summed E-state index contributed by atoms with van der Waals surface area (Å²) in [6.45, 7) is 2.20. The fraction of sp³-hybridized carbons (Fsp3) is 0.261. The molecule has 0 unspecified atom stereocenters. The summed E-state index contributed by atoms with van der Waals surface area (Å²) in [6.07, 6.45) is -4.48. The minimum Gasteiger partial charge on any atom is -0.497 e. The number of methoxy groups -OCH3 is 2. The molecule has 0 radical (unpaired) electrons. The van der Waals surface area contributed by atoms with Gasteiger partial charge in [-0.2, -0.15) is 13.2 Å². The molecule has 1 aromatic heterocycles. The predicted molar refractivity (Wildman–Crippen MR) is 118 cm³/mol. The van der Waals surface area contributed by atoms with Crippen molar-refractivity contribution < 1.29 is 22.6 Å². The van der Waals surface area contributed by atoms with Crippen LogP contribution in [0.1, 0.15) is 22.3 Å². The van der Waals surface area contributed by atoms with E-state index in [0.29, 0.717) is 24.6 Å². The number of rotatable bonds is 7. The zero-order valence-electron chi connectivity index (χ0n) is 17.3. The maximum atomic E-state index is 13.6. The standard InChI is InChI=1S/C23H22BrF3N2O2/c1-15-20(23(25,26)27)12-21(24)28-22(15)29(13-16-4-8-18(30-2)9-5-16)14-17-6-10-19(31-3)11-7-17/h4-12H,13-14H2,1-3H3. The molecule has 0 saturated heterocycles. The van der Waals surface area contributed by atoms with Crippen LogP contribution in [0, 0.1) is 6.92 Å². The Labute approximate surface area is 187 Å². The van der Waals surface area contributed by atoms with Crippen LogP contribution < -0.4 is 14.4 Å². The van der Waals surface area contributed by atoms with E-state index in [4.69, 9.17) is 9.47 Å². The Bertz CT molecular complexity index is 973. The van der Waals surface area contributed by atoms with E-state index >= 15 is 0 Å². The summed E-state index contributed by atoms with van der Waals surface area (Å²) in [6, 6.07) is 15.8. The number of hydrogen-bond donors (Lipinski definition) is 0. The molecule has 3 aromatic rings. The Morgan fingerprint density at radius 1 is 0.871 bits per heavy atom. The van der Waals surface area contributed by atoms with E-state index in [2.05, 4.69) is 20.9 Å². The molecule has 4 nitrogen and oxygen atoms in total. The summed E-state index contributed by atoms with van der Waals surface area (Å²) in [7, 11) is 3.16. The second-order valence-corrected chi connectivity index (χ2v) is 7.80. The number of anilines is 1. The Morgan fingerprint density at radius 2 is 1.32 bits per heavy atom. The normalized spacial score (nSPS) is 11.3. The molecule has 0 amide bonds. The van der Waals surface area contributed by atoms with E-state index in [1.165, 1.54) is 6.92 Å². The van der Waals surface area contributed by atoms with Crippen molar-refractivity contribution in [2.75, 3.05) is 19.1 Å². The first kappa shape index (κ1) is 22.9.